The van der Waals surface area contributed by atoms with Crippen LogP contribution in [-0.2, 0) is 0 Å². The number of aromatic nitrogens is 1. The number of hydrogen-bond acceptors (Lipinski definition) is 2. The van der Waals surface area contributed by atoms with Crippen molar-refractivity contribution in [2.24, 2.45) is 0 Å². The summed E-state index contributed by atoms with van der Waals surface area (Å²) < 4.78 is 0. The van der Waals surface area contributed by atoms with Crippen molar-refractivity contribution in [1.29, 1.82) is 0 Å². The Morgan fingerprint density at radius 1 is 0.312 bits per heavy atom. The van der Waals surface area contributed by atoms with Gasteiger partial charge in [-0.2, -0.15) is 0 Å². The summed E-state index contributed by atoms with van der Waals surface area (Å²) in [6.45, 7) is 4.58. The predicted octanol–water partition coefficient (Wildman–Crippen LogP) is 21.5. The zero-order chi connectivity index (χ0) is 53.3. The second-order valence-electron chi connectivity index (χ2n) is 21.3. The highest BCUT2D eigenvalue weighted by molar-refractivity contribution is 6.28. The van der Waals surface area contributed by atoms with Crippen molar-refractivity contribution in [3.63, 3.8) is 0 Å². The quantitative estimate of drug-likeness (QED) is 0.106. The molecule has 80 heavy (non-hydrogen) atoms. The van der Waals surface area contributed by atoms with E-state index in [1.54, 1.807) is 0 Å². The third kappa shape index (κ3) is 7.82. The molecule has 15 aromatic rings. The number of pyridine rings is 1. The number of benzene rings is 14. The van der Waals surface area contributed by atoms with Gasteiger partial charge in [0.15, 0.2) is 0 Å². The molecule has 0 fully saturated rings. The summed E-state index contributed by atoms with van der Waals surface area (Å²) in [5.74, 6) is 0. The molecule has 0 unspecified atom stereocenters. The molecule has 0 aliphatic carbocycles. The Bertz CT molecular complexity index is 4870. The number of anilines is 1. The molecule has 2 heteroatoms. The molecular formula is C78H54N2. The van der Waals surface area contributed by atoms with Crippen molar-refractivity contribution < 1.29 is 0 Å². The maximum absolute atomic E-state index is 5.76. The summed E-state index contributed by atoms with van der Waals surface area (Å²) in [7, 11) is 0. The van der Waals surface area contributed by atoms with E-state index in [1.807, 2.05) is 0 Å². The van der Waals surface area contributed by atoms with Crippen molar-refractivity contribution >= 4 is 103 Å². The van der Waals surface area contributed by atoms with Crippen LogP contribution in [0.4, 0.5) is 5.69 Å². The average molecular weight is 1020 g/mol. The first-order valence-corrected chi connectivity index (χ1v) is 27.8. The zero-order valence-corrected chi connectivity index (χ0v) is 44.6. The van der Waals surface area contributed by atoms with Gasteiger partial charge in [0.2, 0.25) is 0 Å². The lowest BCUT2D eigenvalue weighted by Crippen LogP contribution is -2.26. The van der Waals surface area contributed by atoms with E-state index in [1.165, 1.54) is 104 Å². The first kappa shape index (κ1) is 47.1. The predicted molar refractivity (Wildman–Crippen MR) is 343 cm³/mol. The Labute approximate surface area is 465 Å². The average Bonchev–Trinajstić information content (AvgIpc) is 3.58. The van der Waals surface area contributed by atoms with Gasteiger partial charge in [0.1, 0.15) is 0 Å². The lowest BCUT2D eigenvalue weighted by molar-refractivity contribution is 0.779. The maximum Gasteiger partial charge on any atom is 0.0794 e. The van der Waals surface area contributed by atoms with Gasteiger partial charge < -0.3 is 4.90 Å². The van der Waals surface area contributed by atoms with E-state index in [4.69, 9.17) is 4.98 Å². The van der Waals surface area contributed by atoms with Crippen molar-refractivity contribution in [1.82, 2.24) is 4.98 Å². The molecule has 15 rings (SSSR count). The Balaban J connectivity index is 0.964. The van der Waals surface area contributed by atoms with Crippen LogP contribution in [0.2, 0.25) is 0 Å². The molecule has 0 bridgehead atoms. The normalized spacial score (nSPS) is 12.5. The highest BCUT2D eigenvalue weighted by atomic mass is 15.2. The summed E-state index contributed by atoms with van der Waals surface area (Å²) >= 11 is 0. The Kier molecular flexibility index (Phi) is 11.4. The number of rotatable bonds is 9. The molecule has 0 aliphatic heterocycles. The molecule has 1 atom stereocenters. The van der Waals surface area contributed by atoms with Gasteiger partial charge in [-0.05, 0) is 165 Å². The van der Waals surface area contributed by atoms with E-state index in [0.29, 0.717) is 0 Å². The minimum atomic E-state index is 0.00338. The van der Waals surface area contributed by atoms with Gasteiger partial charge in [0.25, 0.3) is 0 Å². The molecule has 0 N–H and O–H groups in total. The largest absolute Gasteiger partial charge is 0.333 e. The topological polar surface area (TPSA) is 16.1 Å². The summed E-state index contributed by atoms with van der Waals surface area (Å²) in [5, 5.41) is 18.5. The minimum absolute atomic E-state index is 0.00338. The van der Waals surface area contributed by atoms with E-state index < -0.39 is 0 Å². The van der Waals surface area contributed by atoms with Crippen LogP contribution in [0.5, 0.6) is 0 Å². The van der Waals surface area contributed by atoms with Crippen LogP contribution in [0.15, 0.2) is 285 Å². The molecule has 1 heterocycles. The van der Waals surface area contributed by atoms with Crippen molar-refractivity contribution in [3.05, 3.63) is 302 Å². The number of fused-ring (bicyclic) bond motifs is 15. The lowest BCUT2D eigenvalue weighted by atomic mass is 9.88. The van der Waals surface area contributed by atoms with Crippen LogP contribution in [-0.4, -0.2) is 4.98 Å². The number of nitrogens with zero attached hydrogens (tertiary/aromatic N) is 2. The minimum Gasteiger partial charge on any atom is -0.333 e. The SMILES string of the molecule is C/C(=C(/c1ccccc1)N(c1ccc(-c2cc(-c3ccc4c5ccccc5c5ccccc5c4c3)c3cc(-c4ccc5c6ccccc6c6ccccc6c5c4)c4ccccc4c3n2)cc1)[C@@H](C)c1ccccc1)c1ccccc1. The zero-order valence-electron chi connectivity index (χ0n) is 44.6. The number of hydrogen-bond donors (Lipinski definition) is 0. The first-order valence-electron chi connectivity index (χ1n) is 27.8. The summed E-state index contributed by atoms with van der Waals surface area (Å²) in [6, 6.07) is 105. The Morgan fingerprint density at radius 2 is 0.688 bits per heavy atom. The summed E-state index contributed by atoms with van der Waals surface area (Å²) in [4.78, 5) is 8.28. The van der Waals surface area contributed by atoms with E-state index in [9.17, 15) is 0 Å². The van der Waals surface area contributed by atoms with Gasteiger partial charge in [-0.3, -0.25) is 0 Å². The molecule has 2 nitrogen and oxygen atoms in total. The van der Waals surface area contributed by atoms with Crippen LogP contribution in [0.25, 0.3) is 131 Å². The summed E-state index contributed by atoms with van der Waals surface area (Å²) in [5.41, 5.74) is 14.7. The molecule has 1 aromatic heterocycles. The third-order valence-electron chi connectivity index (χ3n) is 16.9. The highest BCUT2D eigenvalue weighted by Crippen LogP contribution is 2.46. The van der Waals surface area contributed by atoms with Gasteiger partial charge in [0, 0.05) is 22.0 Å². The maximum atomic E-state index is 5.76. The van der Waals surface area contributed by atoms with Gasteiger partial charge in [-0.1, -0.05) is 249 Å². The molecule has 0 amide bonds. The highest BCUT2D eigenvalue weighted by Gasteiger charge is 2.25. The van der Waals surface area contributed by atoms with Crippen LogP contribution in [0.3, 0.4) is 0 Å². The molecule has 0 saturated carbocycles. The van der Waals surface area contributed by atoms with Gasteiger partial charge in [-0.15, -0.1) is 0 Å². The standard InChI is InChI=1S/C78H54N2/c1-50(52-22-6-3-7-23-52)78(55-26-10-5-11-27-55)80(51(2)53-24-8-4-9-25-53)58-42-38-54(39-43-58)76-49-72(57-41-45-69-64-33-15-13-29-60(64)62-31-17-19-35-66(62)74(69)47-57)75-48-71(67-36-20-21-37-70(67)77(75)79-76)56-40-44-68-63-32-14-12-28-59(63)61-30-16-18-34-65(61)73(68)46-56/h3-49,51H,1-2H3/b78-50+/t51-/m0/s1. The fraction of sp³-hybridized carbons (Fsp3) is 0.0385. The monoisotopic (exact) mass is 1020 g/mol. The Morgan fingerprint density at radius 3 is 1.18 bits per heavy atom. The fourth-order valence-electron chi connectivity index (χ4n) is 13.0. The molecular weight excluding hydrogens is 965 g/mol. The fourth-order valence-corrected chi connectivity index (χ4v) is 13.0. The summed E-state index contributed by atoms with van der Waals surface area (Å²) in [6.07, 6.45) is 0. The third-order valence-corrected chi connectivity index (χ3v) is 16.9. The molecule has 0 spiro atoms. The van der Waals surface area contributed by atoms with Crippen LogP contribution < -0.4 is 4.90 Å². The van der Waals surface area contributed by atoms with Crippen LogP contribution in [0.1, 0.15) is 36.6 Å². The lowest BCUT2D eigenvalue weighted by Gasteiger charge is -2.36. The second-order valence-corrected chi connectivity index (χ2v) is 21.3. The molecule has 14 aromatic carbocycles. The van der Waals surface area contributed by atoms with Crippen LogP contribution in [0, 0.1) is 0 Å². The van der Waals surface area contributed by atoms with Crippen molar-refractivity contribution in [2.75, 3.05) is 4.90 Å². The molecule has 376 valence electrons. The van der Waals surface area contributed by atoms with Gasteiger partial charge >= 0.3 is 0 Å². The van der Waals surface area contributed by atoms with Gasteiger partial charge in [0.05, 0.1) is 22.9 Å². The van der Waals surface area contributed by atoms with E-state index in [0.717, 1.165) is 49.9 Å². The van der Waals surface area contributed by atoms with E-state index in [2.05, 4.69) is 304 Å². The molecule has 0 aliphatic rings. The van der Waals surface area contributed by atoms with E-state index in [-0.39, 0.29) is 6.04 Å². The van der Waals surface area contributed by atoms with Crippen LogP contribution >= 0.6 is 0 Å². The first-order chi connectivity index (χ1) is 39.5. The molecule has 0 saturated heterocycles. The second kappa shape index (κ2) is 19.4. The van der Waals surface area contributed by atoms with Crippen molar-refractivity contribution in [2.45, 2.75) is 19.9 Å². The van der Waals surface area contributed by atoms with Crippen molar-refractivity contribution in [3.8, 4) is 33.5 Å². The molecule has 0 radical (unpaired) electrons. The smallest absolute Gasteiger partial charge is 0.0794 e. The Hall–Kier alpha value is -10.2. The van der Waals surface area contributed by atoms with E-state index >= 15 is 0 Å². The van der Waals surface area contributed by atoms with Gasteiger partial charge in [-0.25, -0.2) is 4.98 Å². The number of allylic oxidation sites excluding steroid dienone is 1.